The van der Waals surface area contributed by atoms with Crippen molar-refractivity contribution in [2.75, 3.05) is 31.1 Å². The molecule has 0 aromatic carbocycles. The number of carbonyl (C=O) groups is 1. The Bertz CT molecular complexity index is 614. The van der Waals surface area contributed by atoms with Gasteiger partial charge in [-0.1, -0.05) is 12.2 Å². The van der Waals surface area contributed by atoms with E-state index in [1.54, 1.807) is 11.3 Å². The minimum atomic E-state index is 0.268. The molecule has 5 heteroatoms. The quantitative estimate of drug-likeness (QED) is 0.786. The summed E-state index contributed by atoms with van der Waals surface area (Å²) in [5.74, 6) is 1.93. The van der Waals surface area contributed by atoms with Gasteiger partial charge >= 0.3 is 0 Å². The lowest BCUT2D eigenvalue weighted by Crippen LogP contribution is -2.51. The maximum absolute atomic E-state index is 13.0. The van der Waals surface area contributed by atoms with Crippen LogP contribution < -0.4 is 4.90 Å². The molecular formula is C17H21N3OS. The first kappa shape index (κ1) is 13.1. The molecular weight excluding hydrogens is 294 g/mol. The fourth-order valence-electron chi connectivity index (χ4n) is 4.98. The third-order valence-corrected chi connectivity index (χ3v) is 7.15. The smallest absolute Gasteiger partial charge is 0.226 e. The lowest BCUT2D eigenvalue weighted by molar-refractivity contribution is -0.136. The third-order valence-electron chi connectivity index (χ3n) is 6.32. The van der Waals surface area contributed by atoms with Crippen LogP contribution in [-0.4, -0.2) is 42.0 Å². The minimum absolute atomic E-state index is 0.268. The van der Waals surface area contributed by atoms with E-state index in [0.717, 1.165) is 37.7 Å². The summed E-state index contributed by atoms with van der Waals surface area (Å²) in [6, 6.07) is 0. The number of hydrogen-bond acceptors (Lipinski definition) is 4. The molecule has 1 aliphatic heterocycles. The number of aromatic nitrogens is 1. The van der Waals surface area contributed by atoms with Crippen molar-refractivity contribution < 1.29 is 4.79 Å². The van der Waals surface area contributed by atoms with Crippen LogP contribution in [0.2, 0.25) is 0 Å². The Hall–Kier alpha value is -1.36. The number of piperazine rings is 1. The van der Waals surface area contributed by atoms with Crippen LogP contribution in [0.3, 0.4) is 0 Å². The lowest BCUT2D eigenvalue weighted by Gasteiger charge is -2.36. The van der Waals surface area contributed by atoms with Crippen LogP contribution in [0.4, 0.5) is 5.13 Å². The monoisotopic (exact) mass is 315 g/mol. The zero-order valence-corrected chi connectivity index (χ0v) is 13.5. The highest BCUT2D eigenvalue weighted by Gasteiger charge is 2.64. The predicted octanol–water partition coefficient (Wildman–Crippen LogP) is 2.39. The van der Waals surface area contributed by atoms with Gasteiger partial charge in [-0.15, -0.1) is 11.3 Å². The van der Waals surface area contributed by atoms with E-state index in [-0.39, 0.29) is 5.92 Å². The molecule has 22 heavy (non-hydrogen) atoms. The SMILES string of the molecule is O=C(C1CC2C=CC1C21CC1)N1CCN(c2nccs2)CC1. The first-order chi connectivity index (χ1) is 10.8. The van der Waals surface area contributed by atoms with Gasteiger partial charge in [0, 0.05) is 43.7 Å². The molecule has 2 heterocycles. The van der Waals surface area contributed by atoms with E-state index in [1.807, 2.05) is 11.6 Å². The van der Waals surface area contributed by atoms with E-state index >= 15 is 0 Å². The van der Waals surface area contributed by atoms with Crippen LogP contribution in [0.5, 0.6) is 0 Å². The second kappa shape index (κ2) is 4.57. The summed E-state index contributed by atoms with van der Waals surface area (Å²) < 4.78 is 0. The topological polar surface area (TPSA) is 36.4 Å². The van der Waals surface area contributed by atoms with Gasteiger partial charge in [0.25, 0.3) is 0 Å². The second-order valence-corrected chi connectivity index (χ2v) is 8.09. The summed E-state index contributed by atoms with van der Waals surface area (Å²) in [5, 5.41) is 3.11. The molecule has 4 nitrogen and oxygen atoms in total. The molecule has 0 N–H and O–H groups in total. The number of nitrogens with zero attached hydrogens (tertiary/aromatic N) is 3. The lowest BCUT2D eigenvalue weighted by atomic mass is 9.88. The Morgan fingerprint density at radius 2 is 2.05 bits per heavy atom. The van der Waals surface area contributed by atoms with Gasteiger partial charge in [0.1, 0.15) is 0 Å². The number of anilines is 1. The van der Waals surface area contributed by atoms with E-state index in [9.17, 15) is 4.79 Å². The van der Waals surface area contributed by atoms with Gasteiger partial charge in [-0.2, -0.15) is 0 Å². The summed E-state index contributed by atoms with van der Waals surface area (Å²) in [7, 11) is 0. The number of thiazole rings is 1. The van der Waals surface area contributed by atoms with Crippen molar-refractivity contribution in [2.24, 2.45) is 23.2 Å². The van der Waals surface area contributed by atoms with Gasteiger partial charge in [0.2, 0.25) is 5.91 Å². The summed E-state index contributed by atoms with van der Waals surface area (Å²) in [6.45, 7) is 3.54. The Morgan fingerprint density at radius 1 is 1.23 bits per heavy atom. The average Bonchev–Trinajstić information content (AvgIpc) is 2.92. The Balaban J connectivity index is 1.25. The van der Waals surface area contributed by atoms with E-state index < -0.39 is 0 Å². The number of rotatable bonds is 2. The molecule has 1 aromatic heterocycles. The van der Waals surface area contributed by atoms with Crippen molar-refractivity contribution in [3.8, 4) is 0 Å². The summed E-state index contributed by atoms with van der Waals surface area (Å²) in [4.78, 5) is 21.8. The molecule has 116 valence electrons. The molecule has 3 unspecified atom stereocenters. The molecule has 1 aromatic rings. The normalized spacial score (nSPS) is 34.6. The summed E-state index contributed by atoms with van der Waals surface area (Å²) in [6.07, 6.45) is 10.4. The third kappa shape index (κ3) is 1.75. The average molecular weight is 315 g/mol. The molecule has 5 rings (SSSR count). The predicted molar refractivity (Wildman–Crippen MR) is 86.8 cm³/mol. The molecule has 3 aliphatic carbocycles. The molecule has 4 aliphatic rings. The minimum Gasteiger partial charge on any atom is -0.345 e. The number of carbonyl (C=O) groups excluding carboxylic acids is 1. The highest BCUT2D eigenvalue weighted by Crippen LogP contribution is 2.70. The molecule has 2 bridgehead atoms. The van der Waals surface area contributed by atoms with Crippen LogP contribution in [0.1, 0.15) is 19.3 Å². The molecule has 0 radical (unpaired) electrons. The van der Waals surface area contributed by atoms with Crippen LogP contribution in [0, 0.1) is 23.2 Å². The fraction of sp³-hybridized carbons (Fsp3) is 0.647. The van der Waals surface area contributed by atoms with Crippen molar-refractivity contribution >= 4 is 22.4 Å². The van der Waals surface area contributed by atoms with Crippen molar-refractivity contribution in [1.29, 1.82) is 0 Å². The number of amides is 1. The highest BCUT2D eigenvalue weighted by atomic mass is 32.1. The van der Waals surface area contributed by atoms with E-state index in [1.165, 1.54) is 12.8 Å². The molecule has 2 saturated carbocycles. The number of hydrogen-bond donors (Lipinski definition) is 0. The second-order valence-electron chi connectivity index (χ2n) is 7.22. The van der Waals surface area contributed by atoms with Gasteiger partial charge in [-0.25, -0.2) is 4.98 Å². The van der Waals surface area contributed by atoms with Crippen molar-refractivity contribution in [1.82, 2.24) is 9.88 Å². The molecule has 3 fully saturated rings. The Kier molecular flexibility index (Phi) is 2.72. The van der Waals surface area contributed by atoms with Gasteiger partial charge in [-0.3, -0.25) is 4.79 Å². The largest absolute Gasteiger partial charge is 0.345 e. The fourth-order valence-corrected chi connectivity index (χ4v) is 5.68. The first-order valence-corrected chi connectivity index (χ1v) is 9.27. The molecule has 3 atom stereocenters. The van der Waals surface area contributed by atoms with Gasteiger partial charge in [-0.05, 0) is 36.5 Å². The van der Waals surface area contributed by atoms with Crippen LogP contribution >= 0.6 is 11.3 Å². The first-order valence-electron chi connectivity index (χ1n) is 8.39. The Morgan fingerprint density at radius 3 is 2.68 bits per heavy atom. The Labute approximate surface area is 134 Å². The van der Waals surface area contributed by atoms with Gasteiger partial charge in [0.05, 0.1) is 0 Å². The standard InChI is InChI=1S/C17H21N3OS/c21-15(13-11-12-1-2-14(13)17(12)3-4-17)19-6-8-20(9-7-19)16-18-5-10-22-16/h1-2,5,10,12-14H,3-4,6-9,11H2. The summed E-state index contributed by atoms with van der Waals surface area (Å²) in [5.41, 5.74) is 0.517. The van der Waals surface area contributed by atoms with Crippen molar-refractivity contribution in [3.05, 3.63) is 23.7 Å². The summed E-state index contributed by atoms with van der Waals surface area (Å²) >= 11 is 1.68. The maximum Gasteiger partial charge on any atom is 0.226 e. The van der Waals surface area contributed by atoms with Gasteiger partial charge in [0.15, 0.2) is 5.13 Å². The van der Waals surface area contributed by atoms with Crippen molar-refractivity contribution in [2.45, 2.75) is 19.3 Å². The van der Waals surface area contributed by atoms with E-state index in [0.29, 0.717) is 23.2 Å². The van der Waals surface area contributed by atoms with Crippen molar-refractivity contribution in [3.63, 3.8) is 0 Å². The molecule has 1 amide bonds. The molecule has 1 saturated heterocycles. The van der Waals surface area contributed by atoms with Gasteiger partial charge < -0.3 is 9.80 Å². The van der Waals surface area contributed by atoms with Crippen LogP contribution in [0.15, 0.2) is 23.7 Å². The highest BCUT2D eigenvalue weighted by molar-refractivity contribution is 7.13. The van der Waals surface area contributed by atoms with Crippen LogP contribution in [0.25, 0.3) is 0 Å². The maximum atomic E-state index is 13.0. The zero-order valence-electron chi connectivity index (χ0n) is 12.6. The number of allylic oxidation sites excluding steroid dienone is 2. The molecule has 1 spiro atoms. The van der Waals surface area contributed by atoms with E-state index in [4.69, 9.17) is 0 Å². The zero-order chi connectivity index (χ0) is 14.7. The van der Waals surface area contributed by atoms with Crippen LogP contribution in [-0.2, 0) is 4.79 Å². The van der Waals surface area contributed by atoms with E-state index in [2.05, 4.69) is 26.9 Å².